The molecule has 2 heterocycles. The molecule has 1 aromatic heterocycles. The largest absolute Gasteiger partial charge is 0.363 e. The van der Waals surface area contributed by atoms with Gasteiger partial charge in [-0.25, -0.2) is 4.98 Å². The molecule has 9 heteroatoms. The molecule has 0 unspecified atom stereocenters. The Morgan fingerprint density at radius 1 is 1.28 bits per heavy atom. The third-order valence-corrected chi connectivity index (χ3v) is 4.78. The standard InChI is InChI=1S/C20H35N7O.HI/c1-5-11-22-19(28)15-27-12-9-16(10-13-27)25-20(21-2)23-14-17-7-6-8-18(24-17)26(3)4;/h6-8,16H,5,9-15H2,1-4H3,(H,22,28)(H2,21,23,25);1H. The SMILES string of the molecule is CCCNC(=O)CN1CCC(NC(=NC)NCc2cccc(N(C)C)n2)CC1.I. The molecule has 1 saturated heterocycles. The number of carbonyl (C=O) groups is 1. The van der Waals surface area contributed by atoms with Crippen molar-refractivity contribution in [3.05, 3.63) is 23.9 Å². The molecule has 1 aliphatic heterocycles. The van der Waals surface area contributed by atoms with Crippen LogP contribution in [0.5, 0.6) is 0 Å². The molecule has 3 N–H and O–H groups in total. The van der Waals surface area contributed by atoms with Crippen LogP contribution in [0.25, 0.3) is 0 Å². The highest BCUT2D eigenvalue weighted by Gasteiger charge is 2.21. The van der Waals surface area contributed by atoms with Crippen LogP contribution in [0.3, 0.4) is 0 Å². The number of hydrogen-bond acceptors (Lipinski definition) is 5. The summed E-state index contributed by atoms with van der Waals surface area (Å²) >= 11 is 0. The summed E-state index contributed by atoms with van der Waals surface area (Å²) in [5, 5.41) is 9.78. The number of likely N-dealkylation sites (tertiary alicyclic amines) is 1. The molecule has 0 aromatic carbocycles. The van der Waals surface area contributed by atoms with Crippen LogP contribution in [0.1, 0.15) is 31.9 Å². The van der Waals surface area contributed by atoms with Gasteiger partial charge in [-0.05, 0) is 31.4 Å². The van der Waals surface area contributed by atoms with Crippen molar-refractivity contribution in [1.82, 2.24) is 25.8 Å². The molecule has 0 spiro atoms. The zero-order chi connectivity index (χ0) is 20.4. The Bertz CT molecular complexity index is 645. The maximum absolute atomic E-state index is 11.9. The summed E-state index contributed by atoms with van der Waals surface area (Å²) in [6, 6.07) is 6.38. The monoisotopic (exact) mass is 517 g/mol. The molecule has 0 saturated carbocycles. The van der Waals surface area contributed by atoms with Crippen LogP contribution >= 0.6 is 24.0 Å². The van der Waals surface area contributed by atoms with E-state index < -0.39 is 0 Å². The van der Waals surface area contributed by atoms with Gasteiger partial charge in [0.05, 0.1) is 18.8 Å². The first kappa shape index (κ1) is 25.4. The minimum Gasteiger partial charge on any atom is -0.363 e. The van der Waals surface area contributed by atoms with Gasteiger partial charge >= 0.3 is 0 Å². The summed E-state index contributed by atoms with van der Waals surface area (Å²) < 4.78 is 0. The van der Waals surface area contributed by atoms with Gasteiger partial charge in [0.25, 0.3) is 0 Å². The Kier molecular flexibility index (Phi) is 11.9. The molecule has 8 nitrogen and oxygen atoms in total. The number of amides is 1. The van der Waals surface area contributed by atoms with E-state index in [1.165, 1.54) is 0 Å². The molecule has 2 rings (SSSR count). The van der Waals surface area contributed by atoms with Gasteiger partial charge in [-0.3, -0.25) is 14.7 Å². The van der Waals surface area contributed by atoms with Gasteiger partial charge in [-0.1, -0.05) is 13.0 Å². The molecule has 1 fully saturated rings. The van der Waals surface area contributed by atoms with Gasteiger partial charge in [-0.2, -0.15) is 0 Å². The summed E-state index contributed by atoms with van der Waals surface area (Å²) in [7, 11) is 5.76. The number of nitrogens with zero attached hydrogens (tertiary/aromatic N) is 4. The number of rotatable bonds is 8. The van der Waals surface area contributed by atoms with Crippen molar-refractivity contribution >= 4 is 41.7 Å². The topological polar surface area (TPSA) is 84.9 Å². The van der Waals surface area contributed by atoms with E-state index in [1.54, 1.807) is 7.05 Å². The summed E-state index contributed by atoms with van der Waals surface area (Å²) in [5.41, 5.74) is 0.974. The number of nitrogens with one attached hydrogen (secondary N) is 3. The number of aromatic nitrogens is 1. The summed E-state index contributed by atoms with van der Waals surface area (Å²) in [6.45, 7) is 5.77. The van der Waals surface area contributed by atoms with E-state index in [9.17, 15) is 4.79 Å². The summed E-state index contributed by atoms with van der Waals surface area (Å²) in [5.74, 6) is 1.85. The normalized spacial score (nSPS) is 15.4. The maximum Gasteiger partial charge on any atom is 0.234 e. The number of piperidine rings is 1. The molecule has 0 radical (unpaired) electrons. The van der Waals surface area contributed by atoms with Crippen LogP contribution in [0.15, 0.2) is 23.2 Å². The first-order valence-electron chi connectivity index (χ1n) is 10.1. The van der Waals surface area contributed by atoms with E-state index in [0.717, 1.165) is 56.4 Å². The van der Waals surface area contributed by atoms with Gasteiger partial charge in [0.2, 0.25) is 5.91 Å². The van der Waals surface area contributed by atoms with E-state index in [-0.39, 0.29) is 29.9 Å². The van der Waals surface area contributed by atoms with Crippen LogP contribution in [0.4, 0.5) is 5.82 Å². The second-order valence-electron chi connectivity index (χ2n) is 7.35. The van der Waals surface area contributed by atoms with E-state index in [4.69, 9.17) is 0 Å². The number of guanidine groups is 1. The first-order chi connectivity index (χ1) is 13.5. The highest BCUT2D eigenvalue weighted by atomic mass is 127. The van der Waals surface area contributed by atoms with Crippen molar-refractivity contribution in [3.63, 3.8) is 0 Å². The fourth-order valence-corrected chi connectivity index (χ4v) is 3.14. The highest BCUT2D eigenvalue weighted by Crippen LogP contribution is 2.10. The molecular formula is C20H36IN7O. The van der Waals surface area contributed by atoms with Crippen molar-refractivity contribution < 1.29 is 4.79 Å². The van der Waals surface area contributed by atoms with Crippen molar-refractivity contribution in [2.75, 3.05) is 52.2 Å². The Labute approximate surface area is 191 Å². The predicted molar refractivity (Wildman–Crippen MR) is 130 cm³/mol. The second kappa shape index (κ2) is 13.6. The Morgan fingerprint density at radius 3 is 2.62 bits per heavy atom. The average molecular weight is 517 g/mol. The lowest BCUT2D eigenvalue weighted by Crippen LogP contribution is -2.50. The van der Waals surface area contributed by atoms with Crippen LogP contribution in [-0.4, -0.2) is 75.1 Å². The highest BCUT2D eigenvalue weighted by molar-refractivity contribution is 14.0. The zero-order valence-corrected chi connectivity index (χ0v) is 20.4. The molecular weight excluding hydrogens is 481 g/mol. The van der Waals surface area contributed by atoms with Crippen LogP contribution < -0.4 is 20.9 Å². The number of hydrogen-bond donors (Lipinski definition) is 3. The van der Waals surface area contributed by atoms with E-state index >= 15 is 0 Å². The number of pyridine rings is 1. The molecule has 0 aliphatic carbocycles. The van der Waals surface area contributed by atoms with Crippen molar-refractivity contribution in [2.24, 2.45) is 4.99 Å². The van der Waals surface area contributed by atoms with Crippen LogP contribution in [-0.2, 0) is 11.3 Å². The molecule has 1 aromatic rings. The van der Waals surface area contributed by atoms with Gasteiger partial charge in [0.1, 0.15) is 5.82 Å². The first-order valence-corrected chi connectivity index (χ1v) is 10.1. The smallest absolute Gasteiger partial charge is 0.234 e. The predicted octanol–water partition coefficient (Wildman–Crippen LogP) is 1.42. The fraction of sp³-hybridized carbons (Fsp3) is 0.650. The van der Waals surface area contributed by atoms with Crippen molar-refractivity contribution in [2.45, 2.75) is 38.8 Å². The maximum atomic E-state index is 11.9. The number of aliphatic imine (C=N–C) groups is 1. The molecule has 1 aliphatic rings. The second-order valence-corrected chi connectivity index (χ2v) is 7.35. The van der Waals surface area contributed by atoms with Gasteiger partial charge < -0.3 is 20.9 Å². The lowest BCUT2D eigenvalue weighted by molar-refractivity contribution is -0.122. The summed E-state index contributed by atoms with van der Waals surface area (Å²) in [6.07, 6.45) is 2.96. The Morgan fingerprint density at radius 2 is 2.00 bits per heavy atom. The average Bonchev–Trinajstić information content (AvgIpc) is 2.71. The fourth-order valence-electron chi connectivity index (χ4n) is 3.14. The Hall–Kier alpha value is -1.62. The molecule has 164 valence electrons. The number of halogens is 1. The third-order valence-electron chi connectivity index (χ3n) is 4.78. The van der Waals surface area contributed by atoms with Gasteiger partial charge in [0.15, 0.2) is 5.96 Å². The molecule has 0 bridgehead atoms. The van der Waals surface area contributed by atoms with Crippen molar-refractivity contribution in [1.29, 1.82) is 0 Å². The van der Waals surface area contributed by atoms with Crippen molar-refractivity contribution in [3.8, 4) is 0 Å². The minimum absolute atomic E-state index is 0. The van der Waals surface area contributed by atoms with E-state index in [2.05, 4.69) is 37.8 Å². The third kappa shape index (κ3) is 9.16. The quantitative estimate of drug-likeness (QED) is 0.275. The lowest BCUT2D eigenvalue weighted by Gasteiger charge is -2.32. The van der Waals surface area contributed by atoms with Crippen LogP contribution in [0.2, 0.25) is 0 Å². The molecule has 0 atom stereocenters. The minimum atomic E-state index is 0. The van der Waals surface area contributed by atoms with Crippen LogP contribution in [0, 0.1) is 0 Å². The molecule has 1 amide bonds. The lowest BCUT2D eigenvalue weighted by atomic mass is 10.1. The number of carbonyl (C=O) groups excluding carboxylic acids is 1. The Balaban J connectivity index is 0.00000420. The summed E-state index contributed by atoms with van der Waals surface area (Å²) in [4.78, 5) is 25.0. The zero-order valence-electron chi connectivity index (χ0n) is 18.1. The number of anilines is 1. The van der Waals surface area contributed by atoms with Gasteiger partial charge in [0, 0.05) is 46.8 Å². The van der Waals surface area contributed by atoms with Gasteiger partial charge in [-0.15, -0.1) is 24.0 Å². The van der Waals surface area contributed by atoms with E-state index in [1.807, 2.05) is 37.2 Å². The van der Waals surface area contributed by atoms with E-state index in [0.29, 0.717) is 19.1 Å². The molecule has 29 heavy (non-hydrogen) atoms.